The van der Waals surface area contributed by atoms with Crippen molar-refractivity contribution in [3.05, 3.63) is 40.4 Å². The molecular weight excluding hydrogens is 327 g/mol. The van der Waals surface area contributed by atoms with E-state index in [4.69, 9.17) is 9.15 Å². The van der Waals surface area contributed by atoms with E-state index >= 15 is 0 Å². The summed E-state index contributed by atoms with van der Waals surface area (Å²) < 4.78 is 24.7. The van der Waals surface area contributed by atoms with E-state index in [1.165, 1.54) is 18.4 Å². The lowest BCUT2D eigenvalue weighted by molar-refractivity contribution is 0.318. The van der Waals surface area contributed by atoms with E-state index in [-0.39, 0.29) is 11.8 Å². The molecule has 0 saturated carbocycles. The first kappa shape index (κ1) is 15.0. The first-order valence-electron chi connectivity index (χ1n) is 6.32. The van der Waals surface area contributed by atoms with Crippen LogP contribution in [0.15, 0.2) is 33.4 Å². The zero-order valence-electron chi connectivity index (χ0n) is 11.3. The highest BCUT2D eigenvalue weighted by Crippen LogP contribution is 2.27. The average molecular weight is 343 g/mol. The summed E-state index contributed by atoms with van der Waals surface area (Å²) in [6.45, 7) is 5.73. The fourth-order valence-electron chi connectivity index (χ4n) is 1.55. The third kappa shape index (κ3) is 4.31. The Morgan fingerprint density at radius 3 is 3.00 bits per heavy atom. The Morgan fingerprint density at radius 1 is 1.45 bits per heavy atom. The van der Waals surface area contributed by atoms with Gasteiger partial charge in [0.05, 0.1) is 5.69 Å². The Kier molecular flexibility index (Phi) is 5.14. The smallest absolute Gasteiger partial charge is 0.399 e. The van der Waals surface area contributed by atoms with Crippen LogP contribution in [0.3, 0.4) is 0 Å². The zero-order valence-corrected chi connectivity index (χ0v) is 12.9. The first-order valence-corrected chi connectivity index (χ1v) is 7.12. The van der Waals surface area contributed by atoms with Crippen molar-refractivity contribution in [2.75, 3.05) is 6.54 Å². The minimum atomic E-state index is -0.467. The summed E-state index contributed by atoms with van der Waals surface area (Å²) in [5.74, 6) is 0.169. The number of aromatic nitrogens is 1. The molecule has 0 amide bonds. The molecule has 2 rings (SSSR count). The topological polar surface area (TPSA) is 47.3 Å². The van der Waals surface area contributed by atoms with E-state index < -0.39 is 5.82 Å². The van der Waals surface area contributed by atoms with E-state index in [0.717, 1.165) is 16.7 Å². The average Bonchev–Trinajstić information content (AvgIpc) is 2.81. The molecule has 0 radical (unpaired) electrons. The minimum Gasteiger partial charge on any atom is -0.417 e. The first-order chi connectivity index (χ1) is 9.54. The fourth-order valence-corrected chi connectivity index (χ4v) is 1.89. The van der Waals surface area contributed by atoms with Crippen LogP contribution in [0.4, 0.5) is 4.39 Å². The predicted molar refractivity (Wildman–Crippen MR) is 77.2 cm³/mol. The van der Waals surface area contributed by atoms with Gasteiger partial charge in [0.15, 0.2) is 11.6 Å². The Labute approximate surface area is 125 Å². The molecule has 0 aliphatic carbocycles. The van der Waals surface area contributed by atoms with Gasteiger partial charge in [0, 0.05) is 11.0 Å². The molecular formula is C14H16BrFN2O2. The van der Waals surface area contributed by atoms with Crippen molar-refractivity contribution < 1.29 is 13.5 Å². The van der Waals surface area contributed by atoms with Crippen LogP contribution in [0, 0.1) is 11.7 Å². The Hall–Kier alpha value is -1.40. The summed E-state index contributed by atoms with van der Waals surface area (Å²) in [5, 5.41) is 3.24. The summed E-state index contributed by atoms with van der Waals surface area (Å²) in [6, 6.07) is 4.43. The number of benzene rings is 1. The molecule has 6 heteroatoms. The van der Waals surface area contributed by atoms with Gasteiger partial charge in [-0.25, -0.2) is 4.39 Å². The van der Waals surface area contributed by atoms with Crippen LogP contribution in [-0.2, 0) is 6.54 Å². The van der Waals surface area contributed by atoms with Crippen molar-refractivity contribution in [1.82, 2.24) is 10.3 Å². The number of nitrogens with one attached hydrogen (secondary N) is 1. The van der Waals surface area contributed by atoms with E-state index in [1.54, 1.807) is 6.07 Å². The second kappa shape index (κ2) is 6.85. The number of hydrogen-bond donors (Lipinski definition) is 1. The number of hydrogen-bond acceptors (Lipinski definition) is 4. The van der Waals surface area contributed by atoms with Crippen molar-refractivity contribution in [1.29, 1.82) is 0 Å². The molecule has 108 valence electrons. The highest BCUT2D eigenvalue weighted by atomic mass is 79.9. The van der Waals surface area contributed by atoms with Crippen molar-refractivity contribution in [3.8, 4) is 11.8 Å². The Balaban J connectivity index is 1.97. The van der Waals surface area contributed by atoms with E-state index in [2.05, 4.69) is 40.1 Å². The second-order valence-electron chi connectivity index (χ2n) is 4.81. The molecule has 4 nitrogen and oxygen atoms in total. The van der Waals surface area contributed by atoms with Crippen molar-refractivity contribution in [2.45, 2.75) is 20.4 Å². The van der Waals surface area contributed by atoms with Crippen molar-refractivity contribution in [2.24, 2.45) is 5.92 Å². The second-order valence-corrected chi connectivity index (χ2v) is 5.72. The molecule has 0 fully saturated rings. The maximum atomic E-state index is 13.5. The molecule has 0 aliphatic heterocycles. The zero-order chi connectivity index (χ0) is 14.5. The standard InChI is InChI=1S/C14H16BrFN2O2/c1-9(2)6-17-7-11-8-19-14(18-11)20-13-5-10(15)3-4-12(13)16/h3-5,8-9,17H,6-7H2,1-2H3. The molecule has 2 aromatic rings. The summed E-state index contributed by atoms with van der Waals surface area (Å²) in [5.41, 5.74) is 0.719. The molecule has 0 bridgehead atoms. The number of rotatable bonds is 6. The van der Waals surface area contributed by atoms with Gasteiger partial charge in [-0.3, -0.25) is 0 Å². The highest BCUT2D eigenvalue weighted by Gasteiger charge is 2.10. The Bertz CT molecular complexity index is 572. The minimum absolute atomic E-state index is 0.0309. The number of ether oxygens (including phenoxy) is 1. The third-order valence-electron chi connectivity index (χ3n) is 2.48. The molecule has 0 atom stereocenters. The summed E-state index contributed by atoms with van der Waals surface area (Å²) in [7, 11) is 0. The highest BCUT2D eigenvalue weighted by molar-refractivity contribution is 9.10. The fraction of sp³-hybridized carbons (Fsp3) is 0.357. The third-order valence-corrected chi connectivity index (χ3v) is 2.97. The summed E-state index contributed by atoms with van der Waals surface area (Å²) in [6.07, 6.45) is 1.53. The van der Waals surface area contributed by atoms with Gasteiger partial charge in [-0.05, 0) is 30.7 Å². The monoisotopic (exact) mass is 342 g/mol. The van der Waals surface area contributed by atoms with Crippen LogP contribution in [0.1, 0.15) is 19.5 Å². The molecule has 1 aromatic carbocycles. The maximum absolute atomic E-state index is 13.5. The Morgan fingerprint density at radius 2 is 2.25 bits per heavy atom. The van der Waals surface area contributed by atoms with Crippen LogP contribution in [0.2, 0.25) is 0 Å². The number of oxazole rings is 1. The SMILES string of the molecule is CC(C)CNCc1coc(Oc2cc(Br)ccc2F)n1. The van der Waals surface area contributed by atoms with Gasteiger partial charge >= 0.3 is 6.08 Å². The molecule has 0 aliphatic rings. The quantitative estimate of drug-likeness (QED) is 0.857. The molecule has 0 saturated heterocycles. The largest absolute Gasteiger partial charge is 0.417 e. The van der Waals surface area contributed by atoms with Gasteiger partial charge in [0.2, 0.25) is 0 Å². The molecule has 20 heavy (non-hydrogen) atoms. The van der Waals surface area contributed by atoms with E-state index in [0.29, 0.717) is 12.5 Å². The van der Waals surface area contributed by atoms with Crippen LogP contribution in [-0.4, -0.2) is 11.5 Å². The lowest BCUT2D eigenvalue weighted by Gasteiger charge is -2.04. The number of nitrogens with zero attached hydrogens (tertiary/aromatic N) is 1. The van der Waals surface area contributed by atoms with Gasteiger partial charge in [-0.1, -0.05) is 29.8 Å². The van der Waals surface area contributed by atoms with Crippen LogP contribution in [0.25, 0.3) is 0 Å². The molecule has 1 N–H and O–H groups in total. The van der Waals surface area contributed by atoms with Crippen molar-refractivity contribution >= 4 is 15.9 Å². The van der Waals surface area contributed by atoms with Crippen LogP contribution < -0.4 is 10.1 Å². The van der Waals surface area contributed by atoms with E-state index in [9.17, 15) is 4.39 Å². The lowest BCUT2D eigenvalue weighted by Crippen LogP contribution is -2.19. The van der Waals surface area contributed by atoms with Gasteiger partial charge in [-0.15, -0.1) is 0 Å². The van der Waals surface area contributed by atoms with Gasteiger partial charge in [0.1, 0.15) is 6.26 Å². The normalized spacial score (nSPS) is 11.1. The van der Waals surface area contributed by atoms with Crippen LogP contribution in [0.5, 0.6) is 11.8 Å². The molecule has 1 heterocycles. The predicted octanol–water partition coefficient (Wildman–Crippen LogP) is 4.11. The molecule has 1 aromatic heterocycles. The van der Waals surface area contributed by atoms with E-state index in [1.807, 2.05) is 0 Å². The maximum Gasteiger partial charge on any atom is 0.399 e. The summed E-state index contributed by atoms with van der Waals surface area (Å²) in [4.78, 5) is 4.14. The van der Waals surface area contributed by atoms with Gasteiger partial charge < -0.3 is 14.5 Å². The number of halogens is 2. The summed E-state index contributed by atoms with van der Waals surface area (Å²) >= 11 is 3.25. The van der Waals surface area contributed by atoms with Gasteiger partial charge in [-0.2, -0.15) is 4.98 Å². The van der Waals surface area contributed by atoms with Crippen LogP contribution >= 0.6 is 15.9 Å². The van der Waals surface area contributed by atoms with Gasteiger partial charge in [0.25, 0.3) is 0 Å². The molecule has 0 spiro atoms. The lowest BCUT2D eigenvalue weighted by atomic mass is 10.2. The van der Waals surface area contributed by atoms with Crippen molar-refractivity contribution in [3.63, 3.8) is 0 Å². The molecule has 0 unspecified atom stereocenters.